The number of halogens is 2. The summed E-state index contributed by atoms with van der Waals surface area (Å²) in [6.45, 7) is 0. The summed E-state index contributed by atoms with van der Waals surface area (Å²) < 4.78 is 0. The Kier molecular flexibility index (Phi) is 5.10. The maximum atomic E-state index is 10.7. The lowest BCUT2D eigenvalue weighted by Gasteiger charge is -2.20. The van der Waals surface area contributed by atoms with Crippen molar-refractivity contribution in [2.24, 2.45) is 10.2 Å². The van der Waals surface area contributed by atoms with Gasteiger partial charge in [-0.15, -0.1) is 0 Å². The largest absolute Gasteiger partial charge is 0.361 e. The van der Waals surface area contributed by atoms with Crippen LogP contribution < -0.4 is 5.32 Å². The van der Waals surface area contributed by atoms with Crippen molar-refractivity contribution in [1.82, 2.24) is 5.32 Å². The molecule has 3 atom stereocenters. The van der Waals surface area contributed by atoms with Gasteiger partial charge in [-0.3, -0.25) is 4.99 Å². The molecule has 1 unspecified atom stereocenters. The predicted octanol–water partition coefficient (Wildman–Crippen LogP) is 5.80. The normalized spacial score (nSPS) is 24.1. The molecule has 6 heteroatoms. The van der Waals surface area contributed by atoms with E-state index < -0.39 is 0 Å². The van der Waals surface area contributed by atoms with E-state index in [0.717, 1.165) is 22.5 Å². The van der Waals surface area contributed by atoms with E-state index in [2.05, 4.69) is 10.5 Å². The number of rotatable bonds is 4. The van der Waals surface area contributed by atoms with E-state index in [1.807, 2.05) is 66.8 Å². The van der Waals surface area contributed by atoms with Crippen LogP contribution in [0, 0.1) is 4.91 Å². The summed E-state index contributed by atoms with van der Waals surface area (Å²) in [6, 6.07) is 15.2. The molecule has 0 radical (unpaired) electrons. The van der Waals surface area contributed by atoms with E-state index in [0.29, 0.717) is 16.5 Å². The zero-order valence-corrected chi connectivity index (χ0v) is 15.9. The zero-order chi connectivity index (χ0) is 18.8. The molecular formula is C21H17Cl2N3O. The van der Waals surface area contributed by atoms with E-state index in [-0.39, 0.29) is 18.1 Å². The first-order valence-electron chi connectivity index (χ1n) is 8.70. The summed E-state index contributed by atoms with van der Waals surface area (Å²) in [6.07, 6.45) is 6.32. The van der Waals surface area contributed by atoms with Gasteiger partial charge in [-0.2, -0.15) is 4.91 Å². The van der Waals surface area contributed by atoms with Gasteiger partial charge in [0.1, 0.15) is 17.9 Å². The molecule has 4 rings (SSSR count). The van der Waals surface area contributed by atoms with Crippen molar-refractivity contribution in [1.29, 1.82) is 0 Å². The van der Waals surface area contributed by atoms with Crippen molar-refractivity contribution in [2.75, 3.05) is 0 Å². The maximum Gasteiger partial charge on any atom is 0.129 e. The van der Waals surface area contributed by atoms with Gasteiger partial charge < -0.3 is 5.32 Å². The molecule has 0 spiro atoms. The Hall–Kier alpha value is -2.43. The van der Waals surface area contributed by atoms with Crippen molar-refractivity contribution in [2.45, 2.75) is 24.5 Å². The molecule has 0 fully saturated rings. The molecule has 1 N–H and O–H groups in total. The molecule has 2 aliphatic rings. The number of aliphatic imine (C=N–C) groups is 1. The molecule has 1 aliphatic carbocycles. The highest BCUT2D eigenvalue weighted by Crippen LogP contribution is 2.38. The van der Waals surface area contributed by atoms with Crippen molar-refractivity contribution < 1.29 is 0 Å². The van der Waals surface area contributed by atoms with Gasteiger partial charge in [-0.05, 0) is 41.8 Å². The minimum atomic E-state index is -0.296. The second-order valence-electron chi connectivity index (χ2n) is 6.57. The molecule has 0 bridgehead atoms. The molecule has 1 heterocycles. The van der Waals surface area contributed by atoms with E-state index in [4.69, 9.17) is 28.2 Å². The molecule has 2 aromatic carbocycles. The zero-order valence-electron chi connectivity index (χ0n) is 14.3. The SMILES string of the molecule is O=NC1C=CC(C2=N[C@H](c3ccc(Cl)cc3)[C@H](c3ccc(Cl)cc3)N2)=CC1. The molecule has 0 saturated carbocycles. The highest BCUT2D eigenvalue weighted by Gasteiger charge is 2.32. The van der Waals surface area contributed by atoms with Crippen LogP contribution in [0.2, 0.25) is 10.0 Å². The minimum absolute atomic E-state index is 0.0188. The molecule has 0 aromatic heterocycles. The number of nitroso groups, excluding NO2 is 1. The summed E-state index contributed by atoms with van der Waals surface area (Å²) in [7, 11) is 0. The van der Waals surface area contributed by atoms with Crippen LogP contribution in [0.1, 0.15) is 29.6 Å². The van der Waals surface area contributed by atoms with Gasteiger partial charge in [0, 0.05) is 15.6 Å². The fraction of sp³-hybridized carbons (Fsp3) is 0.190. The van der Waals surface area contributed by atoms with Gasteiger partial charge >= 0.3 is 0 Å². The first-order valence-corrected chi connectivity index (χ1v) is 9.46. The Morgan fingerprint density at radius 2 is 1.59 bits per heavy atom. The van der Waals surface area contributed by atoms with E-state index in [1.54, 1.807) is 0 Å². The smallest absolute Gasteiger partial charge is 0.129 e. The second-order valence-corrected chi connectivity index (χ2v) is 7.45. The summed E-state index contributed by atoms with van der Waals surface area (Å²) in [5, 5.41) is 8.02. The Morgan fingerprint density at radius 3 is 2.15 bits per heavy atom. The summed E-state index contributed by atoms with van der Waals surface area (Å²) in [5.74, 6) is 0.815. The van der Waals surface area contributed by atoms with Crippen molar-refractivity contribution >= 4 is 29.0 Å². The van der Waals surface area contributed by atoms with Crippen LogP contribution in [0.4, 0.5) is 0 Å². The minimum Gasteiger partial charge on any atom is -0.361 e. The molecule has 0 amide bonds. The van der Waals surface area contributed by atoms with E-state index >= 15 is 0 Å². The molecule has 27 heavy (non-hydrogen) atoms. The molecule has 1 aliphatic heterocycles. The highest BCUT2D eigenvalue weighted by molar-refractivity contribution is 6.30. The van der Waals surface area contributed by atoms with Crippen molar-refractivity contribution in [3.8, 4) is 0 Å². The van der Waals surface area contributed by atoms with Gasteiger partial charge in [-0.25, -0.2) is 0 Å². The van der Waals surface area contributed by atoms with Gasteiger partial charge in [0.2, 0.25) is 0 Å². The van der Waals surface area contributed by atoms with Crippen LogP contribution in [-0.2, 0) is 0 Å². The number of nitrogens with zero attached hydrogens (tertiary/aromatic N) is 2. The number of benzene rings is 2. The standard InChI is InChI=1S/C21H17Cl2N3O/c22-16-7-1-13(2-8-16)19-20(14-3-9-17(23)10-4-14)25-21(24-19)15-5-11-18(26-27)12-6-15/h1-11,18-20H,12H2,(H,24,25)/t18?,19-,20+. The Labute approximate surface area is 167 Å². The van der Waals surface area contributed by atoms with Crippen LogP contribution in [-0.4, -0.2) is 11.9 Å². The first-order chi connectivity index (χ1) is 13.1. The average Bonchev–Trinajstić information content (AvgIpc) is 3.14. The van der Waals surface area contributed by atoms with Gasteiger partial charge in [-0.1, -0.05) is 70.9 Å². The number of hydrogen-bond donors (Lipinski definition) is 1. The first kappa shape index (κ1) is 18.0. The van der Waals surface area contributed by atoms with Crippen molar-refractivity contribution in [3.05, 3.63) is 98.4 Å². The lowest BCUT2D eigenvalue weighted by atomic mass is 9.95. The third kappa shape index (κ3) is 3.82. The molecule has 0 saturated heterocycles. The Bertz CT molecular complexity index is 933. The Balaban J connectivity index is 1.68. The van der Waals surface area contributed by atoms with Crippen LogP contribution >= 0.6 is 23.2 Å². The lowest BCUT2D eigenvalue weighted by molar-refractivity contribution is 0.572. The number of hydrogen-bond acceptors (Lipinski definition) is 4. The van der Waals surface area contributed by atoms with Gasteiger partial charge in [0.15, 0.2) is 0 Å². The lowest BCUT2D eigenvalue weighted by Crippen LogP contribution is -2.26. The van der Waals surface area contributed by atoms with E-state index in [1.165, 1.54) is 0 Å². The monoisotopic (exact) mass is 397 g/mol. The van der Waals surface area contributed by atoms with Crippen LogP contribution in [0.25, 0.3) is 0 Å². The second kappa shape index (κ2) is 7.67. The summed E-state index contributed by atoms with van der Waals surface area (Å²) in [4.78, 5) is 15.7. The van der Waals surface area contributed by atoms with Crippen molar-refractivity contribution in [3.63, 3.8) is 0 Å². The molecule has 136 valence electrons. The predicted molar refractivity (Wildman–Crippen MR) is 110 cm³/mol. The van der Waals surface area contributed by atoms with Crippen LogP contribution in [0.3, 0.4) is 0 Å². The molecule has 4 nitrogen and oxygen atoms in total. The molecule has 2 aromatic rings. The quantitative estimate of drug-likeness (QED) is 0.662. The number of nitrogens with one attached hydrogen (secondary N) is 1. The Morgan fingerprint density at radius 1 is 0.963 bits per heavy atom. The highest BCUT2D eigenvalue weighted by atomic mass is 35.5. The third-order valence-corrected chi connectivity index (χ3v) is 5.31. The summed E-state index contributed by atoms with van der Waals surface area (Å²) >= 11 is 12.1. The number of amidine groups is 1. The van der Waals surface area contributed by atoms with Gasteiger partial charge in [0.25, 0.3) is 0 Å². The maximum absolute atomic E-state index is 10.7. The van der Waals surface area contributed by atoms with Crippen LogP contribution in [0.15, 0.2) is 82.5 Å². The third-order valence-electron chi connectivity index (χ3n) is 4.80. The van der Waals surface area contributed by atoms with Gasteiger partial charge in [0.05, 0.1) is 6.04 Å². The molecular weight excluding hydrogens is 381 g/mol. The van der Waals surface area contributed by atoms with Crippen LogP contribution in [0.5, 0.6) is 0 Å². The fourth-order valence-electron chi connectivity index (χ4n) is 3.36. The fourth-order valence-corrected chi connectivity index (χ4v) is 3.61. The average molecular weight is 398 g/mol. The van der Waals surface area contributed by atoms with E-state index in [9.17, 15) is 4.91 Å². The summed E-state index contributed by atoms with van der Waals surface area (Å²) in [5.41, 5.74) is 3.16. The topological polar surface area (TPSA) is 53.8 Å².